The van der Waals surface area contributed by atoms with Crippen molar-refractivity contribution in [1.29, 1.82) is 0 Å². The van der Waals surface area contributed by atoms with Crippen LogP contribution in [0.4, 0.5) is 4.79 Å². The summed E-state index contributed by atoms with van der Waals surface area (Å²) in [6, 6.07) is 4.84. The quantitative estimate of drug-likeness (QED) is 0.556. The molecule has 1 aliphatic carbocycles. The van der Waals surface area contributed by atoms with Gasteiger partial charge in [-0.1, -0.05) is 13.0 Å². The molecule has 4 atom stereocenters. The normalized spacial score (nSPS) is 24.1. The van der Waals surface area contributed by atoms with Crippen LogP contribution in [0.2, 0.25) is 0 Å². The maximum atomic E-state index is 12.8. The zero-order valence-corrected chi connectivity index (χ0v) is 20.6. The Morgan fingerprint density at radius 2 is 2.10 bits per heavy atom. The molecule has 6 nitrogen and oxygen atoms in total. The summed E-state index contributed by atoms with van der Waals surface area (Å²) in [7, 11) is 0. The van der Waals surface area contributed by atoms with Crippen molar-refractivity contribution in [3.05, 3.63) is 33.4 Å². The minimum absolute atomic E-state index is 0.0358. The fraction of sp³-hybridized carbons (Fsp3) is 0.625. The fourth-order valence-electron chi connectivity index (χ4n) is 5.60. The highest BCUT2D eigenvalue weighted by Crippen LogP contribution is 2.46. The largest absolute Gasteiger partial charge is 0.389 e. The Bertz CT molecular complexity index is 953. The third-order valence-corrected chi connectivity index (χ3v) is 7.79. The lowest BCUT2D eigenvalue weighted by Gasteiger charge is -2.47. The van der Waals surface area contributed by atoms with Crippen molar-refractivity contribution >= 4 is 32.9 Å². The number of aliphatic hydroxyl groups is 1. The number of rotatable bonds is 6. The van der Waals surface area contributed by atoms with Crippen molar-refractivity contribution < 1.29 is 9.90 Å². The summed E-state index contributed by atoms with van der Waals surface area (Å²) in [5.74, 6) is 0.332. The van der Waals surface area contributed by atoms with Crippen LogP contribution in [0.25, 0.3) is 10.9 Å². The van der Waals surface area contributed by atoms with Crippen LogP contribution in [0.1, 0.15) is 69.2 Å². The van der Waals surface area contributed by atoms with Crippen molar-refractivity contribution in [3.8, 4) is 0 Å². The van der Waals surface area contributed by atoms with Gasteiger partial charge in [-0.3, -0.25) is 4.90 Å². The number of carbonyl (C=O) groups is 1. The summed E-state index contributed by atoms with van der Waals surface area (Å²) in [6.45, 7) is 11.4. The molecule has 1 aliphatic heterocycles. The molecule has 3 N–H and O–H groups in total. The van der Waals surface area contributed by atoms with Gasteiger partial charge in [-0.25, -0.2) is 4.79 Å². The molecule has 2 heterocycles. The maximum absolute atomic E-state index is 12.8. The number of H-pyrrole nitrogens is 1. The van der Waals surface area contributed by atoms with Crippen LogP contribution in [0.15, 0.2) is 16.7 Å². The van der Waals surface area contributed by atoms with Crippen LogP contribution in [0.5, 0.6) is 0 Å². The van der Waals surface area contributed by atoms with Gasteiger partial charge in [0.25, 0.3) is 0 Å². The molecule has 2 aliphatic rings. The average Bonchev–Trinajstić information content (AvgIpc) is 3.05. The van der Waals surface area contributed by atoms with Gasteiger partial charge in [0.05, 0.1) is 10.7 Å². The molecule has 0 saturated carbocycles. The first-order valence-corrected chi connectivity index (χ1v) is 12.5. The number of urea groups is 1. The Morgan fingerprint density at radius 1 is 1.35 bits per heavy atom. The number of hydrogen-bond acceptors (Lipinski definition) is 3. The van der Waals surface area contributed by atoms with Gasteiger partial charge >= 0.3 is 6.03 Å². The number of carbonyl (C=O) groups excluding carboxylic acids is 1. The van der Waals surface area contributed by atoms with E-state index in [0.717, 1.165) is 61.1 Å². The Kier molecular flexibility index (Phi) is 6.65. The number of fused-ring (bicyclic) bond motifs is 2. The summed E-state index contributed by atoms with van der Waals surface area (Å²) in [5.41, 5.74) is 4.68. The van der Waals surface area contributed by atoms with Crippen LogP contribution in [-0.2, 0) is 6.42 Å². The second kappa shape index (κ2) is 9.12. The molecule has 7 heteroatoms. The highest BCUT2D eigenvalue weighted by atomic mass is 79.9. The SMILES string of the molecule is CCCN1C[C@@H](NC(=O)N(CC)CC)C[C@@H]2c3cc(C(C)O)cc4[nH]c(Br)c(c34)C[C@H]21. The highest BCUT2D eigenvalue weighted by molar-refractivity contribution is 9.10. The van der Waals surface area contributed by atoms with E-state index < -0.39 is 6.10 Å². The summed E-state index contributed by atoms with van der Waals surface area (Å²) in [5, 5.41) is 14.9. The molecule has 1 aromatic heterocycles. The molecule has 2 amide bonds. The number of hydrogen-bond donors (Lipinski definition) is 3. The molecule has 0 bridgehead atoms. The highest BCUT2D eigenvalue weighted by Gasteiger charge is 2.42. The number of halogens is 1. The van der Waals surface area contributed by atoms with E-state index in [1.54, 1.807) is 0 Å². The molecule has 0 radical (unpaired) electrons. The first-order valence-electron chi connectivity index (χ1n) is 11.7. The molecule has 170 valence electrons. The number of nitrogens with one attached hydrogen (secondary N) is 2. The number of piperidine rings is 1. The predicted molar refractivity (Wildman–Crippen MR) is 129 cm³/mol. The van der Waals surface area contributed by atoms with Crippen LogP contribution in [0, 0.1) is 0 Å². The molecular weight excluding hydrogens is 456 g/mol. The fourth-order valence-corrected chi connectivity index (χ4v) is 6.18. The lowest BCUT2D eigenvalue weighted by molar-refractivity contribution is 0.0977. The minimum Gasteiger partial charge on any atom is -0.389 e. The van der Waals surface area contributed by atoms with Crippen LogP contribution >= 0.6 is 15.9 Å². The van der Waals surface area contributed by atoms with E-state index in [9.17, 15) is 9.90 Å². The molecule has 0 spiro atoms. The zero-order valence-electron chi connectivity index (χ0n) is 19.0. The van der Waals surface area contributed by atoms with Gasteiger partial charge in [-0.05, 0) is 85.3 Å². The van der Waals surface area contributed by atoms with E-state index in [4.69, 9.17) is 0 Å². The molecule has 4 rings (SSSR count). The summed E-state index contributed by atoms with van der Waals surface area (Å²) >= 11 is 3.75. The first-order chi connectivity index (χ1) is 14.9. The van der Waals surface area contributed by atoms with Crippen molar-refractivity contribution in [2.24, 2.45) is 0 Å². The Balaban J connectivity index is 1.73. The van der Waals surface area contributed by atoms with Crippen LogP contribution in [0.3, 0.4) is 0 Å². The van der Waals surface area contributed by atoms with Crippen molar-refractivity contribution in [2.45, 2.75) is 71.1 Å². The van der Waals surface area contributed by atoms with Gasteiger partial charge in [-0.15, -0.1) is 0 Å². The second-order valence-electron chi connectivity index (χ2n) is 9.05. The third-order valence-electron chi connectivity index (χ3n) is 7.11. The summed E-state index contributed by atoms with van der Waals surface area (Å²) in [6.07, 6.45) is 2.51. The number of benzene rings is 1. The molecule has 31 heavy (non-hydrogen) atoms. The van der Waals surface area contributed by atoms with Gasteiger partial charge in [0.2, 0.25) is 0 Å². The van der Waals surface area contributed by atoms with Crippen LogP contribution in [-0.4, -0.2) is 64.2 Å². The molecule has 1 aromatic carbocycles. The average molecular weight is 491 g/mol. The lowest BCUT2D eigenvalue weighted by atomic mass is 9.73. The van der Waals surface area contributed by atoms with Gasteiger partial charge < -0.3 is 20.3 Å². The van der Waals surface area contributed by atoms with Gasteiger partial charge in [0.15, 0.2) is 0 Å². The van der Waals surface area contributed by atoms with E-state index in [1.807, 2.05) is 25.7 Å². The standard InChI is InChI=1S/C24H35BrN4O2/c1-5-8-29-13-16(26-24(31)28(6-2)7-3)11-17-18-9-15(14(4)30)10-20-22(18)19(12-21(17)29)23(25)27-20/h9-10,14,16-17,21,27,30H,5-8,11-13H2,1-4H3,(H,26,31)/t14?,16-,17+,21+/m0/s1. The summed E-state index contributed by atoms with van der Waals surface area (Å²) < 4.78 is 1.05. The molecule has 2 aromatic rings. The smallest absolute Gasteiger partial charge is 0.317 e. The Hall–Kier alpha value is -1.57. The Labute approximate surface area is 193 Å². The lowest BCUT2D eigenvalue weighted by Crippen LogP contribution is -2.57. The number of amides is 2. The Morgan fingerprint density at radius 3 is 2.74 bits per heavy atom. The number of likely N-dealkylation sites (tertiary alicyclic amines) is 1. The minimum atomic E-state index is -0.514. The number of aromatic amines is 1. The number of aromatic nitrogens is 1. The van der Waals surface area contributed by atoms with Gasteiger partial charge in [0.1, 0.15) is 0 Å². The van der Waals surface area contributed by atoms with E-state index in [-0.39, 0.29) is 12.1 Å². The maximum Gasteiger partial charge on any atom is 0.317 e. The molecular formula is C24H35BrN4O2. The number of aliphatic hydroxyl groups excluding tert-OH is 1. The van der Waals surface area contributed by atoms with E-state index in [0.29, 0.717) is 12.0 Å². The van der Waals surface area contributed by atoms with E-state index in [2.05, 4.69) is 50.2 Å². The van der Waals surface area contributed by atoms with Crippen molar-refractivity contribution in [1.82, 2.24) is 20.1 Å². The number of nitrogens with zero attached hydrogens (tertiary/aromatic N) is 2. The predicted octanol–water partition coefficient (Wildman–Crippen LogP) is 4.53. The second-order valence-corrected chi connectivity index (χ2v) is 9.85. The molecule has 1 saturated heterocycles. The monoisotopic (exact) mass is 490 g/mol. The van der Waals surface area contributed by atoms with Gasteiger partial charge in [-0.2, -0.15) is 0 Å². The third kappa shape index (κ3) is 4.12. The summed E-state index contributed by atoms with van der Waals surface area (Å²) in [4.78, 5) is 20.7. The van der Waals surface area contributed by atoms with Gasteiger partial charge in [0, 0.05) is 48.5 Å². The molecule has 1 unspecified atom stereocenters. The van der Waals surface area contributed by atoms with Crippen molar-refractivity contribution in [2.75, 3.05) is 26.2 Å². The van der Waals surface area contributed by atoms with Crippen LogP contribution < -0.4 is 5.32 Å². The first kappa shape index (κ1) is 22.6. The van der Waals surface area contributed by atoms with E-state index in [1.165, 1.54) is 16.5 Å². The van der Waals surface area contributed by atoms with Crippen molar-refractivity contribution in [3.63, 3.8) is 0 Å². The molecule has 1 fully saturated rings. The van der Waals surface area contributed by atoms with E-state index >= 15 is 0 Å². The zero-order chi connectivity index (χ0) is 22.3. The topological polar surface area (TPSA) is 71.6 Å².